The molecule has 3 rings (SSSR count). The van der Waals surface area contributed by atoms with Gasteiger partial charge in [0.25, 0.3) is 5.91 Å². The fourth-order valence-electron chi connectivity index (χ4n) is 2.78. The molecule has 1 aliphatic rings. The summed E-state index contributed by atoms with van der Waals surface area (Å²) in [4.78, 5) is 22.5. The summed E-state index contributed by atoms with van der Waals surface area (Å²) in [5.74, 6) is 1.78. The van der Waals surface area contributed by atoms with Crippen molar-refractivity contribution in [1.82, 2.24) is 15.3 Å². The molecule has 7 nitrogen and oxygen atoms in total. The number of aromatic nitrogens is 2. The van der Waals surface area contributed by atoms with Gasteiger partial charge in [0.15, 0.2) is 6.61 Å². The van der Waals surface area contributed by atoms with Crippen LogP contribution in [0, 0.1) is 6.92 Å². The lowest BCUT2D eigenvalue weighted by Crippen LogP contribution is -2.32. The largest absolute Gasteiger partial charge is 0.484 e. The average Bonchev–Trinajstić information content (AvgIpc) is 3.21. The van der Waals surface area contributed by atoms with Crippen molar-refractivity contribution in [3.63, 3.8) is 0 Å². The molecule has 0 spiro atoms. The third-order valence-electron chi connectivity index (χ3n) is 4.23. The van der Waals surface area contributed by atoms with Gasteiger partial charge in [-0.25, -0.2) is 9.97 Å². The van der Waals surface area contributed by atoms with Crippen LogP contribution >= 0.6 is 11.6 Å². The van der Waals surface area contributed by atoms with E-state index in [0.29, 0.717) is 29.8 Å². The van der Waals surface area contributed by atoms with Gasteiger partial charge in [-0.1, -0.05) is 11.6 Å². The minimum absolute atomic E-state index is 0.0618. The second kappa shape index (κ2) is 9.41. The number of hydrogen-bond donors (Lipinski definition) is 1. The summed E-state index contributed by atoms with van der Waals surface area (Å²) in [6.45, 7) is 4.54. The molecule has 27 heavy (non-hydrogen) atoms. The monoisotopic (exact) mass is 390 g/mol. The highest BCUT2D eigenvalue weighted by molar-refractivity contribution is 6.31. The van der Waals surface area contributed by atoms with E-state index in [2.05, 4.69) is 20.2 Å². The van der Waals surface area contributed by atoms with Gasteiger partial charge in [-0.3, -0.25) is 4.79 Å². The Morgan fingerprint density at radius 3 is 2.81 bits per heavy atom. The van der Waals surface area contributed by atoms with Gasteiger partial charge in [-0.05, 0) is 43.5 Å². The molecule has 1 aromatic carbocycles. The number of anilines is 1. The number of ether oxygens (including phenoxy) is 2. The minimum atomic E-state index is -0.216. The van der Waals surface area contributed by atoms with E-state index in [9.17, 15) is 4.79 Å². The molecular formula is C19H23ClN4O3. The van der Waals surface area contributed by atoms with Crippen molar-refractivity contribution in [3.05, 3.63) is 41.2 Å². The number of carbonyl (C=O) groups is 1. The first-order chi connectivity index (χ1) is 13.1. The van der Waals surface area contributed by atoms with E-state index in [0.717, 1.165) is 24.5 Å². The number of carbonyl (C=O) groups excluding carboxylic acids is 1. The lowest BCUT2D eigenvalue weighted by molar-refractivity contribution is -0.123. The first-order valence-electron chi connectivity index (χ1n) is 8.97. The summed E-state index contributed by atoms with van der Waals surface area (Å²) in [6, 6.07) is 7.11. The highest BCUT2D eigenvalue weighted by atomic mass is 35.5. The molecule has 8 heteroatoms. The van der Waals surface area contributed by atoms with Gasteiger partial charge in [0, 0.05) is 24.2 Å². The molecule has 0 atom stereocenters. The van der Waals surface area contributed by atoms with Crippen molar-refractivity contribution in [3.8, 4) is 11.6 Å². The van der Waals surface area contributed by atoms with Crippen LogP contribution in [0.5, 0.6) is 11.6 Å². The maximum atomic E-state index is 11.9. The second-order valence-electron chi connectivity index (χ2n) is 6.31. The summed E-state index contributed by atoms with van der Waals surface area (Å²) >= 11 is 5.96. The van der Waals surface area contributed by atoms with Crippen LogP contribution in [0.2, 0.25) is 5.02 Å². The molecule has 0 unspecified atom stereocenters. The maximum Gasteiger partial charge on any atom is 0.258 e. The van der Waals surface area contributed by atoms with E-state index >= 15 is 0 Å². The van der Waals surface area contributed by atoms with E-state index in [1.807, 2.05) is 13.0 Å². The van der Waals surface area contributed by atoms with Crippen molar-refractivity contribution in [2.24, 2.45) is 0 Å². The molecule has 1 fully saturated rings. The van der Waals surface area contributed by atoms with Crippen molar-refractivity contribution in [2.45, 2.75) is 19.8 Å². The molecule has 0 aliphatic carbocycles. The van der Waals surface area contributed by atoms with Crippen LogP contribution in [-0.4, -0.2) is 48.7 Å². The van der Waals surface area contributed by atoms with Gasteiger partial charge in [-0.15, -0.1) is 0 Å². The Bertz CT molecular complexity index is 781. The number of amides is 1. The van der Waals surface area contributed by atoms with E-state index in [1.54, 1.807) is 18.2 Å². The number of aryl methyl sites for hydroxylation is 1. The highest BCUT2D eigenvalue weighted by Gasteiger charge is 2.14. The molecule has 0 saturated carbocycles. The normalized spacial score (nSPS) is 13.5. The number of nitrogens with one attached hydrogen (secondary N) is 1. The summed E-state index contributed by atoms with van der Waals surface area (Å²) in [5.41, 5.74) is 0.904. The lowest BCUT2D eigenvalue weighted by Gasteiger charge is -2.16. The molecule has 0 radical (unpaired) electrons. The smallest absolute Gasteiger partial charge is 0.258 e. The zero-order valence-corrected chi connectivity index (χ0v) is 16.0. The zero-order valence-electron chi connectivity index (χ0n) is 15.3. The van der Waals surface area contributed by atoms with Crippen molar-refractivity contribution >= 4 is 23.3 Å². The predicted octanol–water partition coefficient (Wildman–Crippen LogP) is 2.61. The molecule has 1 saturated heterocycles. The number of halogens is 1. The molecule has 144 valence electrons. The van der Waals surface area contributed by atoms with Gasteiger partial charge in [0.05, 0.1) is 6.54 Å². The fraction of sp³-hybridized carbons (Fsp3) is 0.421. The predicted molar refractivity (Wildman–Crippen MR) is 104 cm³/mol. The van der Waals surface area contributed by atoms with Crippen LogP contribution in [0.15, 0.2) is 30.6 Å². The summed E-state index contributed by atoms with van der Waals surface area (Å²) in [6.07, 6.45) is 3.87. The van der Waals surface area contributed by atoms with Crippen LogP contribution in [0.3, 0.4) is 0 Å². The van der Waals surface area contributed by atoms with Crippen LogP contribution in [0.25, 0.3) is 0 Å². The fourth-order valence-corrected chi connectivity index (χ4v) is 2.90. The Balaban J connectivity index is 1.36. The molecule has 1 amide bonds. The molecule has 0 bridgehead atoms. The quantitative estimate of drug-likeness (QED) is 0.698. The van der Waals surface area contributed by atoms with Crippen molar-refractivity contribution in [2.75, 3.05) is 37.7 Å². The standard InChI is InChI=1S/C19H23ClN4O3/c1-14-10-15(4-5-16(14)20)27-12-18(25)21-6-9-26-19-11-17(22-13-23-19)24-7-2-3-8-24/h4-5,10-11,13H,2-3,6-9,12H2,1H3,(H,21,25). The first-order valence-corrected chi connectivity index (χ1v) is 9.35. The van der Waals surface area contributed by atoms with Crippen LogP contribution < -0.4 is 19.7 Å². The molecule has 2 heterocycles. The molecule has 1 aliphatic heterocycles. The number of rotatable bonds is 8. The van der Waals surface area contributed by atoms with E-state index in [1.165, 1.54) is 19.2 Å². The minimum Gasteiger partial charge on any atom is -0.484 e. The Morgan fingerprint density at radius 1 is 1.22 bits per heavy atom. The summed E-state index contributed by atoms with van der Waals surface area (Å²) in [7, 11) is 0. The average molecular weight is 391 g/mol. The Morgan fingerprint density at radius 2 is 2.04 bits per heavy atom. The number of hydrogen-bond acceptors (Lipinski definition) is 6. The SMILES string of the molecule is Cc1cc(OCC(=O)NCCOc2cc(N3CCCC3)ncn2)ccc1Cl. The number of nitrogens with zero attached hydrogens (tertiary/aromatic N) is 3. The Kier molecular flexibility index (Phi) is 6.70. The summed E-state index contributed by atoms with van der Waals surface area (Å²) < 4.78 is 11.1. The Labute approximate surface area is 163 Å². The van der Waals surface area contributed by atoms with Gasteiger partial charge in [0.1, 0.15) is 24.5 Å². The van der Waals surface area contributed by atoms with Gasteiger partial charge in [0.2, 0.25) is 5.88 Å². The van der Waals surface area contributed by atoms with Crippen LogP contribution in [0.4, 0.5) is 5.82 Å². The number of benzene rings is 1. The van der Waals surface area contributed by atoms with E-state index in [4.69, 9.17) is 21.1 Å². The molecular weight excluding hydrogens is 368 g/mol. The first kappa shape index (κ1) is 19.2. The topological polar surface area (TPSA) is 76.6 Å². The second-order valence-corrected chi connectivity index (χ2v) is 6.71. The molecule has 1 aromatic heterocycles. The zero-order chi connectivity index (χ0) is 19.1. The van der Waals surface area contributed by atoms with Crippen molar-refractivity contribution < 1.29 is 14.3 Å². The third-order valence-corrected chi connectivity index (χ3v) is 4.66. The third kappa shape index (κ3) is 5.72. The molecule has 2 aromatic rings. The Hall–Kier alpha value is -2.54. The van der Waals surface area contributed by atoms with Gasteiger partial charge in [-0.2, -0.15) is 0 Å². The van der Waals surface area contributed by atoms with E-state index in [-0.39, 0.29) is 12.5 Å². The highest BCUT2D eigenvalue weighted by Crippen LogP contribution is 2.21. The maximum absolute atomic E-state index is 11.9. The molecule has 1 N–H and O–H groups in total. The van der Waals surface area contributed by atoms with Crippen LogP contribution in [-0.2, 0) is 4.79 Å². The lowest BCUT2D eigenvalue weighted by atomic mass is 10.2. The van der Waals surface area contributed by atoms with Gasteiger partial charge >= 0.3 is 0 Å². The van der Waals surface area contributed by atoms with Crippen molar-refractivity contribution in [1.29, 1.82) is 0 Å². The van der Waals surface area contributed by atoms with E-state index < -0.39 is 0 Å². The van der Waals surface area contributed by atoms with Gasteiger partial charge < -0.3 is 19.7 Å². The van der Waals surface area contributed by atoms with Crippen LogP contribution in [0.1, 0.15) is 18.4 Å². The summed E-state index contributed by atoms with van der Waals surface area (Å²) in [5, 5.41) is 3.42.